The Balaban J connectivity index is 2.58. The molecule has 0 spiro atoms. The van der Waals surface area contributed by atoms with Crippen LogP contribution in [0.4, 0.5) is 13.2 Å². The van der Waals surface area contributed by atoms with E-state index in [2.05, 4.69) is 5.10 Å². The van der Waals surface area contributed by atoms with Crippen molar-refractivity contribution in [2.45, 2.75) is 20.0 Å². The van der Waals surface area contributed by atoms with Crippen molar-refractivity contribution >= 4 is 0 Å². The van der Waals surface area contributed by atoms with Crippen LogP contribution in [0.15, 0.2) is 18.2 Å². The molecule has 3 nitrogen and oxygen atoms in total. The Morgan fingerprint density at radius 3 is 2.26 bits per heavy atom. The van der Waals surface area contributed by atoms with Crippen molar-refractivity contribution in [3.8, 4) is 17.0 Å². The molecule has 1 aromatic heterocycles. The van der Waals surface area contributed by atoms with Gasteiger partial charge in [-0.1, -0.05) is 0 Å². The van der Waals surface area contributed by atoms with Crippen LogP contribution in [-0.2, 0) is 13.2 Å². The number of halogens is 3. The van der Waals surface area contributed by atoms with Crippen LogP contribution in [-0.4, -0.2) is 14.9 Å². The molecular formula is C13H13F3N2O. The molecule has 6 heteroatoms. The second-order valence-electron chi connectivity index (χ2n) is 4.49. The first-order chi connectivity index (χ1) is 8.70. The molecule has 2 rings (SSSR count). The summed E-state index contributed by atoms with van der Waals surface area (Å²) in [5, 5.41) is 13.4. The predicted molar refractivity (Wildman–Crippen MR) is 64.8 cm³/mol. The van der Waals surface area contributed by atoms with Crippen LogP contribution >= 0.6 is 0 Å². The van der Waals surface area contributed by atoms with E-state index in [1.807, 2.05) is 0 Å². The van der Waals surface area contributed by atoms with Crippen LogP contribution in [0.25, 0.3) is 11.3 Å². The highest BCUT2D eigenvalue weighted by Gasteiger charge is 2.35. The molecule has 102 valence electrons. The lowest BCUT2D eigenvalue weighted by molar-refractivity contribution is -0.143. The minimum Gasteiger partial charge on any atom is -0.508 e. The molecule has 0 aliphatic carbocycles. The van der Waals surface area contributed by atoms with Gasteiger partial charge in [0.15, 0.2) is 0 Å². The van der Waals surface area contributed by atoms with Gasteiger partial charge in [0.1, 0.15) is 11.4 Å². The zero-order chi connectivity index (χ0) is 14.4. The minimum absolute atomic E-state index is 0.119. The van der Waals surface area contributed by atoms with Gasteiger partial charge in [-0.15, -0.1) is 0 Å². The molecular weight excluding hydrogens is 257 g/mol. The van der Waals surface area contributed by atoms with Crippen LogP contribution in [0, 0.1) is 13.8 Å². The summed E-state index contributed by atoms with van der Waals surface area (Å²) in [7, 11) is 1.26. The number of hydrogen-bond donors (Lipinski definition) is 1. The molecule has 0 saturated carbocycles. The molecule has 2 aromatic rings. The van der Waals surface area contributed by atoms with Crippen LogP contribution in [0.3, 0.4) is 0 Å². The first kappa shape index (κ1) is 13.5. The molecule has 0 unspecified atom stereocenters. The lowest BCUT2D eigenvalue weighted by atomic mass is 10.0. The molecule has 1 aromatic carbocycles. The van der Waals surface area contributed by atoms with Gasteiger partial charge >= 0.3 is 6.18 Å². The average Bonchev–Trinajstić information content (AvgIpc) is 2.65. The summed E-state index contributed by atoms with van der Waals surface area (Å²) in [6, 6.07) is 4.17. The van der Waals surface area contributed by atoms with Crippen molar-refractivity contribution in [3.05, 3.63) is 35.0 Å². The fourth-order valence-corrected chi connectivity index (χ4v) is 1.94. The lowest BCUT2D eigenvalue weighted by Crippen LogP contribution is -2.11. The largest absolute Gasteiger partial charge is 0.508 e. The van der Waals surface area contributed by atoms with Crippen molar-refractivity contribution in [1.82, 2.24) is 9.78 Å². The summed E-state index contributed by atoms with van der Waals surface area (Å²) in [5.41, 5.74) is 1.30. The van der Waals surface area contributed by atoms with Gasteiger partial charge in [0.2, 0.25) is 0 Å². The zero-order valence-electron chi connectivity index (χ0n) is 10.7. The number of nitrogens with zero attached hydrogens (tertiary/aromatic N) is 2. The van der Waals surface area contributed by atoms with E-state index in [9.17, 15) is 18.3 Å². The number of rotatable bonds is 1. The highest BCUT2D eigenvalue weighted by Crippen LogP contribution is 2.34. The Morgan fingerprint density at radius 2 is 1.74 bits per heavy atom. The van der Waals surface area contributed by atoms with E-state index in [1.165, 1.54) is 13.1 Å². The highest BCUT2D eigenvalue weighted by atomic mass is 19.4. The van der Waals surface area contributed by atoms with Crippen molar-refractivity contribution in [2.24, 2.45) is 7.05 Å². The molecule has 19 heavy (non-hydrogen) atoms. The molecule has 1 heterocycles. The van der Waals surface area contributed by atoms with E-state index in [-0.39, 0.29) is 11.4 Å². The number of aryl methyl sites for hydroxylation is 3. The maximum atomic E-state index is 12.7. The van der Waals surface area contributed by atoms with Gasteiger partial charge in [-0.3, -0.25) is 4.68 Å². The number of aromatic nitrogens is 2. The van der Waals surface area contributed by atoms with E-state index >= 15 is 0 Å². The summed E-state index contributed by atoms with van der Waals surface area (Å²) < 4.78 is 39.0. The molecule has 1 N–H and O–H groups in total. The molecule has 0 fully saturated rings. The number of benzene rings is 1. The number of aromatic hydroxyl groups is 1. The Kier molecular flexibility index (Phi) is 3.04. The SMILES string of the molecule is Cc1cc(-c2cc(C(F)(F)F)n(C)n2)c(C)cc1O. The summed E-state index contributed by atoms with van der Waals surface area (Å²) in [6.07, 6.45) is -4.43. The van der Waals surface area contributed by atoms with Crippen LogP contribution in [0.5, 0.6) is 5.75 Å². The van der Waals surface area contributed by atoms with Crippen LogP contribution < -0.4 is 0 Å². The van der Waals surface area contributed by atoms with E-state index < -0.39 is 11.9 Å². The van der Waals surface area contributed by atoms with Gasteiger partial charge in [0, 0.05) is 12.6 Å². The summed E-state index contributed by atoms with van der Waals surface area (Å²) in [5.74, 6) is 0.119. The van der Waals surface area contributed by atoms with Crippen molar-refractivity contribution in [1.29, 1.82) is 0 Å². The molecule has 0 amide bonds. The molecule has 0 bridgehead atoms. The van der Waals surface area contributed by atoms with E-state index in [1.54, 1.807) is 19.9 Å². The lowest BCUT2D eigenvalue weighted by Gasteiger charge is -2.06. The molecule has 0 saturated heterocycles. The van der Waals surface area contributed by atoms with Gasteiger partial charge in [0.05, 0.1) is 5.69 Å². The fourth-order valence-electron chi connectivity index (χ4n) is 1.94. The topological polar surface area (TPSA) is 38.0 Å². The number of alkyl halides is 3. The van der Waals surface area contributed by atoms with Gasteiger partial charge in [-0.2, -0.15) is 18.3 Å². The third kappa shape index (κ3) is 2.43. The monoisotopic (exact) mass is 270 g/mol. The van der Waals surface area contributed by atoms with Crippen molar-refractivity contribution in [2.75, 3.05) is 0 Å². The standard InChI is InChI=1S/C13H13F3N2O/c1-7-5-11(19)8(2)4-9(7)10-6-12(13(14,15)16)18(3)17-10/h4-6,19H,1-3H3. The maximum Gasteiger partial charge on any atom is 0.433 e. The predicted octanol–water partition coefficient (Wildman–Crippen LogP) is 3.43. The average molecular weight is 270 g/mol. The normalized spacial score (nSPS) is 11.9. The molecule has 0 aliphatic heterocycles. The number of hydrogen-bond acceptors (Lipinski definition) is 2. The summed E-state index contributed by atoms with van der Waals surface area (Å²) >= 11 is 0. The molecule has 0 aliphatic rings. The second kappa shape index (κ2) is 4.29. The summed E-state index contributed by atoms with van der Waals surface area (Å²) in [4.78, 5) is 0. The first-order valence-electron chi connectivity index (χ1n) is 5.62. The zero-order valence-corrected chi connectivity index (χ0v) is 10.7. The minimum atomic E-state index is -4.43. The van der Waals surface area contributed by atoms with Gasteiger partial charge in [0.25, 0.3) is 0 Å². The van der Waals surface area contributed by atoms with Crippen molar-refractivity contribution in [3.63, 3.8) is 0 Å². The fraction of sp³-hybridized carbons (Fsp3) is 0.308. The molecule has 0 atom stereocenters. The number of phenols is 1. The third-order valence-electron chi connectivity index (χ3n) is 2.99. The van der Waals surface area contributed by atoms with E-state index in [0.717, 1.165) is 10.7 Å². The summed E-state index contributed by atoms with van der Waals surface area (Å²) in [6.45, 7) is 3.41. The Hall–Kier alpha value is -1.98. The van der Waals surface area contributed by atoms with Gasteiger partial charge in [-0.05, 0) is 43.2 Å². The molecule has 0 radical (unpaired) electrons. The van der Waals surface area contributed by atoms with Crippen LogP contribution in [0.2, 0.25) is 0 Å². The quantitative estimate of drug-likeness (QED) is 0.862. The van der Waals surface area contributed by atoms with Gasteiger partial charge < -0.3 is 5.11 Å². The number of phenolic OH excluding ortho intramolecular Hbond substituents is 1. The van der Waals surface area contributed by atoms with E-state index in [0.29, 0.717) is 16.7 Å². The highest BCUT2D eigenvalue weighted by molar-refractivity contribution is 5.66. The maximum absolute atomic E-state index is 12.7. The van der Waals surface area contributed by atoms with Gasteiger partial charge in [-0.25, -0.2) is 0 Å². The van der Waals surface area contributed by atoms with Crippen LogP contribution in [0.1, 0.15) is 16.8 Å². The Morgan fingerprint density at radius 1 is 1.11 bits per heavy atom. The first-order valence-corrected chi connectivity index (χ1v) is 5.62. The third-order valence-corrected chi connectivity index (χ3v) is 2.99. The second-order valence-corrected chi connectivity index (χ2v) is 4.49. The van der Waals surface area contributed by atoms with Crippen molar-refractivity contribution < 1.29 is 18.3 Å². The Bertz CT molecular complexity index is 630. The van der Waals surface area contributed by atoms with E-state index in [4.69, 9.17) is 0 Å². The smallest absolute Gasteiger partial charge is 0.433 e. The Labute approximate surface area is 108 Å².